The van der Waals surface area contributed by atoms with Crippen LogP contribution in [0.2, 0.25) is 0 Å². The highest BCUT2D eigenvalue weighted by Crippen LogP contribution is 2.18. The third-order valence-corrected chi connectivity index (χ3v) is 2.21. The van der Waals surface area contributed by atoms with Crippen molar-refractivity contribution in [3.8, 4) is 0 Å². The Morgan fingerprint density at radius 1 is 1.10 bits per heavy atom. The van der Waals surface area contributed by atoms with Crippen LogP contribution in [0.15, 0.2) is 0 Å². The number of piperidine rings is 1. The van der Waals surface area contributed by atoms with E-state index in [0.29, 0.717) is 0 Å². The molecule has 1 aliphatic rings. The van der Waals surface area contributed by atoms with Gasteiger partial charge in [-0.3, -0.25) is 4.90 Å². The van der Waals surface area contributed by atoms with Crippen LogP contribution in [-0.2, 0) is 0 Å². The van der Waals surface area contributed by atoms with Gasteiger partial charge in [0.25, 0.3) is 0 Å². The molecule has 1 fully saturated rings. The maximum Gasteiger partial charge on any atom is 0.0153 e. The van der Waals surface area contributed by atoms with E-state index in [2.05, 4.69) is 25.7 Å². The quantitative estimate of drug-likeness (QED) is 0.539. The highest BCUT2D eigenvalue weighted by molar-refractivity contribution is 4.85. The first-order valence-corrected chi connectivity index (χ1v) is 4.21. The molecule has 0 saturated carbocycles. The largest absolute Gasteiger partial charge is 0.298 e. The molecule has 1 rings (SSSR count). The van der Waals surface area contributed by atoms with Crippen molar-refractivity contribution >= 4 is 0 Å². The first-order chi connectivity index (χ1) is 4.61. The third kappa shape index (κ3) is 1.98. The smallest absolute Gasteiger partial charge is 0.0153 e. The molecule has 0 aromatic carbocycles. The molecule has 1 saturated heterocycles. The fourth-order valence-corrected chi connectivity index (χ4v) is 1.50. The SMILES string of the molecule is [CH2]C(C)(C)N1CCCCC1. The number of nitrogens with zero attached hydrogens (tertiary/aromatic N) is 1. The Hall–Kier alpha value is -0.0400. The van der Waals surface area contributed by atoms with E-state index in [1.54, 1.807) is 0 Å². The minimum atomic E-state index is 0.153. The Morgan fingerprint density at radius 3 is 1.90 bits per heavy atom. The predicted octanol–water partition coefficient (Wildman–Crippen LogP) is 2.08. The van der Waals surface area contributed by atoms with Gasteiger partial charge < -0.3 is 0 Å². The normalized spacial score (nSPS) is 23.1. The van der Waals surface area contributed by atoms with E-state index in [0.717, 1.165) is 0 Å². The monoisotopic (exact) mass is 140 g/mol. The van der Waals surface area contributed by atoms with Gasteiger partial charge in [0.2, 0.25) is 0 Å². The molecule has 59 valence electrons. The summed E-state index contributed by atoms with van der Waals surface area (Å²) >= 11 is 0. The zero-order valence-corrected chi connectivity index (χ0v) is 7.19. The summed E-state index contributed by atoms with van der Waals surface area (Å²) in [6.45, 7) is 11.0. The van der Waals surface area contributed by atoms with Crippen molar-refractivity contribution in [1.29, 1.82) is 0 Å². The molecular weight excluding hydrogens is 122 g/mol. The van der Waals surface area contributed by atoms with Crippen molar-refractivity contribution < 1.29 is 0 Å². The average Bonchev–Trinajstić information content (AvgIpc) is 1.88. The molecule has 0 N–H and O–H groups in total. The molecule has 0 aliphatic carbocycles. The summed E-state index contributed by atoms with van der Waals surface area (Å²) in [5.41, 5.74) is 0.153. The minimum Gasteiger partial charge on any atom is -0.298 e. The summed E-state index contributed by atoms with van der Waals surface area (Å²) in [6, 6.07) is 0. The second kappa shape index (κ2) is 2.91. The van der Waals surface area contributed by atoms with Crippen LogP contribution in [0.25, 0.3) is 0 Å². The molecular formula is C9H18N. The Kier molecular flexibility index (Phi) is 2.35. The topological polar surface area (TPSA) is 3.24 Å². The molecule has 1 radical (unpaired) electrons. The van der Waals surface area contributed by atoms with E-state index in [1.807, 2.05) is 0 Å². The van der Waals surface area contributed by atoms with Crippen molar-refractivity contribution in [3.63, 3.8) is 0 Å². The Morgan fingerprint density at radius 2 is 1.60 bits per heavy atom. The van der Waals surface area contributed by atoms with Gasteiger partial charge in [-0.2, -0.15) is 0 Å². The van der Waals surface area contributed by atoms with Gasteiger partial charge in [0.1, 0.15) is 0 Å². The summed E-state index contributed by atoms with van der Waals surface area (Å²) in [5.74, 6) is 0. The van der Waals surface area contributed by atoms with Crippen molar-refractivity contribution in [2.45, 2.75) is 38.6 Å². The molecule has 1 nitrogen and oxygen atoms in total. The molecule has 0 aromatic rings. The van der Waals surface area contributed by atoms with Gasteiger partial charge in [0, 0.05) is 5.54 Å². The Balaban J connectivity index is 2.39. The van der Waals surface area contributed by atoms with Crippen LogP contribution in [-0.4, -0.2) is 23.5 Å². The number of hydrogen-bond acceptors (Lipinski definition) is 1. The van der Waals surface area contributed by atoms with Gasteiger partial charge in [0.15, 0.2) is 0 Å². The van der Waals surface area contributed by atoms with E-state index in [9.17, 15) is 0 Å². The molecule has 0 aromatic heterocycles. The lowest BCUT2D eigenvalue weighted by Gasteiger charge is -2.38. The number of hydrogen-bond donors (Lipinski definition) is 0. The first kappa shape index (κ1) is 8.06. The summed E-state index contributed by atoms with van der Waals surface area (Å²) in [7, 11) is 0. The highest BCUT2D eigenvalue weighted by Gasteiger charge is 2.22. The fraction of sp³-hybridized carbons (Fsp3) is 0.889. The van der Waals surface area contributed by atoms with Crippen molar-refractivity contribution in [2.75, 3.05) is 13.1 Å². The molecule has 0 amide bonds. The van der Waals surface area contributed by atoms with Crippen molar-refractivity contribution in [3.05, 3.63) is 6.92 Å². The maximum atomic E-state index is 4.12. The molecule has 0 spiro atoms. The fourth-order valence-electron chi connectivity index (χ4n) is 1.50. The molecule has 0 atom stereocenters. The van der Waals surface area contributed by atoms with Crippen LogP contribution in [0.4, 0.5) is 0 Å². The van der Waals surface area contributed by atoms with E-state index in [1.165, 1.54) is 32.4 Å². The summed E-state index contributed by atoms with van der Waals surface area (Å²) in [5, 5.41) is 0. The third-order valence-electron chi connectivity index (χ3n) is 2.21. The Labute approximate surface area is 64.4 Å². The maximum absolute atomic E-state index is 4.12. The number of likely N-dealkylation sites (tertiary alicyclic amines) is 1. The van der Waals surface area contributed by atoms with Crippen LogP contribution in [0, 0.1) is 6.92 Å². The molecule has 1 heterocycles. The number of rotatable bonds is 1. The van der Waals surface area contributed by atoms with Gasteiger partial charge in [0.05, 0.1) is 0 Å². The van der Waals surface area contributed by atoms with Gasteiger partial charge in [-0.05, 0) is 46.7 Å². The molecule has 10 heavy (non-hydrogen) atoms. The van der Waals surface area contributed by atoms with Crippen LogP contribution < -0.4 is 0 Å². The average molecular weight is 140 g/mol. The summed E-state index contributed by atoms with van der Waals surface area (Å²) < 4.78 is 0. The lowest BCUT2D eigenvalue weighted by atomic mass is 10.0. The van der Waals surface area contributed by atoms with Gasteiger partial charge in [-0.15, -0.1) is 0 Å². The van der Waals surface area contributed by atoms with Crippen LogP contribution in [0.1, 0.15) is 33.1 Å². The van der Waals surface area contributed by atoms with Gasteiger partial charge in [-0.1, -0.05) is 6.42 Å². The van der Waals surface area contributed by atoms with Crippen molar-refractivity contribution in [2.24, 2.45) is 0 Å². The van der Waals surface area contributed by atoms with Gasteiger partial charge >= 0.3 is 0 Å². The van der Waals surface area contributed by atoms with Crippen LogP contribution in [0.5, 0.6) is 0 Å². The minimum absolute atomic E-state index is 0.153. The molecule has 1 heteroatoms. The second-order valence-corrected chi connectivity index (χ2v) is 3.86. The second-order valence-electron chi connectivity index (χ2n) is 3.86. The predicted molar refractivity (Wildman–Crippen MR) is 44.9 cm³/mol. The lowest BCUT2D eigenvalue weighted by Crippen LogP contribution is -2.44. The van der Waals surface area contributed by atoms with Crippen LogP contribution in [0.3, 0.4) is 0 Å². The van der Waals surface area contributed by atoms with Crippen molar-refractivity contribution in [1.82, 2.24) is 4.90 Å². The Bertz CT molecular complexity index is 95.8. The molecule has 0 bridgehead atoms. The summed E-state index contributed by atoms with van der Waals surface area (Å²) in [4.78, 5) is 2.47. The van der Waals surface area contributed by atoms with E-state index < -0.39 is 0 Å². The lowest BCUT2D eigenvalue weighted by molar-refractivity contribution is 0.130. The summed E-state index contributed by atoms with van der Waals surface area (Å²) in [6.07, 6.45) is 4.13. The molecule has 1 aliphatic heterocycles. The zero-order valence-electron chi connectivity index (χ0n) is 7.19. The van der Waals surface area contributed by atoms with E-state index in [4.69, 9.17) is 0 Å². The first-order valence-electron chi connectivity index (χ1n) is 4.21. The van der Waals surface area contributed by atoms with Gasteiger partial charge in [-0.25, -0.2) is 0 Å². The van der Waals surface area contributed by atoms with Crippen LogP contribution >= 0.6 is 0 Å². The van der Waals surface area contributed by atoms with E-state index in [-0.39, 0.29) is 5.54 Å². The van der Waals surface area contributed by atoms with E-state index >= 15 is 0 Å². The standard InChI is InChI=1S/C9H18N/c1-9(2,3)10-7-5-4-6-8-10/h1,4-8H2,2-3H3. The highest BCUT2D eigenvalue weighted by atomic mass is 15.2. The zero-order chi connectivity index (χ0) is 7.61. The molecule has 0 unspecified atom stereocenters.